The Labute approximate surface area is 157 Å². The number of carboxylic acids is 1. The fourth-order valence-electron chi connectivity index (χ4n) is 3.66. The Kier molecular flexibility index (Phi) is 12.3. The van der Waals surface area contributed by atoms with E-state index in [0.717, 1.165) is 44.9 Å². The van der Waals surface area contributed by atoms with Crippen molar-refractivity contribution in [2.24, 2.45) is 11.8 Å². The Morgan fingerprint density at radius 1 is 1.08 bits per heavy atom. The molecule has 1 unspecified atom stereocenters. The molecule has 26 heavy (non-hydrogen) atoms. The number of hydrogen-bond donors (Lipinski definition) is 3. The third-order valence-corrected chi connectivity index (χ3v) is 5.17. The SMILES string of the molecule is CO[C@@H]1C[C@H](O)C(C/C=C\CCCC(=O)O)[C@H]1/C=C/CCCCCCO. The summed E-state index contributed by atoms with van der Waals surface area (Å²) in [5.74, 6) is -0.383. The molecule has 0 spiro atoms. The first kappa shape index (κ1) is 22.9. The van der Waals surface area contributed by atoms with Gasteiger partial charge in [-0.25, -0.2) is 0 Å². The molecule has 1 fully saturated rings. The lowest BCUT2D eigenvalue weighted by Gasteiger charge is -2.20. The van der Waals surface area contributed by atoms with Crippen molar-refractivity contribution in [2.45, 2.75) is 76.4 Å². The van der Waals surface area contributed by atoms with E-state index in [0.29, 0.717) is 12.8 Å². The largest absolute Gasteiger partial charge is 0.481 e. The van der Waals surface area contributed by atoms with Crippen molar-refractivity contribution in [3.63, 3.8) is 0 Å². The van der Waals surface area contributed by atoms with E-state index < -0.39 is 5.97 Å². The number of ether oxygens (including phenoxy) is 1. The lowest BCUT2D eigenvalue weighted by molar-refractivity contribution is -0.137. The van der Waals surface area contributed by atoms with Gasteiger partial charge in [-0.15, -0.1) is 0 Å². The van der Waals surface area contributed by atoms with Crippen LogP contribution in [0.1, 0.15) is 64.2 Å². The molecule has 5 nitrogen and oxygen atoms in total. The van der Waals surface area contributed by atoms with E-state index in [1.54, 1.807) is 7.11 Å². The molecule has 0 aromatic heterocycles. The Bertz CT molecular complexity index is 432. The average Bonchev–Trinajstić information content (AvgIpc) is 2.92. The van der Waals surface area contributed by atoms with Gasteiger partial charge in [0.05, 0.1) is 12.2 Å². The molecule has 5 heteroatoms. The Balaban J connectivity index is 2.42. The molecule has 4 atom stereocenters. The standard InChI is InChI=1S/C21H36O5/c1-26-20-16-19(23)17(12-8-5-6-10-14-21(24)25)18(20)13-9-4-2-3-7-11-15-22/h5,8-9,13,17-20,22-23H,2-4,6-7,10-12,14-16H2,1H3,(H,24,25)/b8-5-,13-9+/t17?,18-,19+,20-/m1/s1. The summed E-state index contributed by atoms with van der Waals surface area (Å²) in [6, 6.07) is 0. The molecule has 150 valence electrons. The van der Waals surface area contributed by atoms with Gasteiger partial charge in [0.2, 0.25) is 0 Å². The Hall–Kier alpha value is -1.17. The van der Waals surface area contributed by atoms with Crippen molar-refractivity contribution in [1.82, 2.24) is 0 Å². The summed E-state index contributed by atoms with van der Waals surface area (Å²) in [5, 5.41) is 27.8. The van der Waals surface area contributed by atoms with Crippen molar-refractivity contribution in [3.05, 3.63) is 24.3 Å². The zero-order chi connectivity index (χ0) is 19.2. The van der Waals surface area contributed by atoms with Gasteiger partial charge in [-0.3, -0.25) is 4.79 Å². The molecule has 0 bridgehead atoms. The van der Waals surface area contributed by atoms with Crippen molar-refractivity contribution in [2.75, 3.05) is 13.7 Å². The molecule has 1 aliphatic carbocycles. The minimum Gasteiger partial charge on any atom is -0.481 e. The molecule has 0 amide bonds. The summed E-state index contributed by atoms with van der Waals surface area (Å²) >= 11 is 0. The van der Waals surface area contributed by atoms with E-state index in [9.17, 15) is 9.90 Å². The van der Waals surface area contributed by atoms with E-state index in [-0.39, 0.29) is 37.1 Å². The van der Waals surface area contributed by atoms with Crippen LogP contribution >= 0.6 is 0 Å². The molecule has 0 radical (unpaired) electrons. The van der Waals surface area contributed by atoms with Crippen LogP contribution in [0.4, 0.5) is 0 Å². The van der Waals surface area contributed by atoms with Crippen LogP contribution in [0, 0.1) is 11.8 Å². The number of aliphatic hydroxyl groups excluding tert-OH is 2. The monoisotopic (exact) mass is 368 g/mol. The number of allylic oxidation sites excluding steroid dienone is 3. The first-order chi connectivity index (χ1) is 12.6. The molecule has 3 N–H and O–H groups in total. The molecule has 0 aromatic rings. The molecule has 1 rings (SSSR count). The van der Waals surface area contributed by atoms with Gasteiger partial charge < -0.3 is 20.1 Å². The van der Waals surface area contributed by atoms with Crippen molar-refractivity contribution in [1.29, 1.82) is 0 Å². The third kappa shape index (κ3) is 8.97. The zero-order valence-electron chi connectivity index (χ0n) is 16.1. The first-order valence-electron chi connectivity index (χ1n) is 9.95. The number of carboxylic acid groups (broad SMARTS) is 1. The fraction of sp³-hybridized carbons (Fsp3) is 0.762. The summed E-state index contributed by atoms with van der Waals surface area (Å²) in [5.41, 5.74) is 0. The number of carbonyl (C=O) groups is 1. The van der Waals surface area contributed by atoms with Crippen LogP contribution in [0.3, 0.4) is 0 Å². The third-order valence-electron chi connectivity index (χ3n) is 5.17. The maximum absolute atomic E-state index is 10.5. The van der Waals surface area contributed by atoms with Gasteiger partial charge in [0.1, 0.15) is 0 Å². The minimum atomic E-state index is -0.755. The topological polar surface area (TPSA) is 87.0 Å². The van der Waals surface area contributed by atoms with Crippen LogP contribution in [-0.2, 0) is 9.53 Å². The van der Waals surface area contributed by atoms with Gasteiger partial charge in [-0.1, -0.05) is 37.1 Å². The maximum atomic E-state index is 10.5. The predicted molar refractivity (Wildman–Crippen MR) is 103 cm³/mol. The normalized spacial score (nSPS) is 26.3. The summed E-state index contributed by atoms with van der Waals surface area (Å²) < 4.78 is 5.58. The van der Waals surface area contributed by atoms with Crippen molar-refractivity contribution in [3.8, 4) is 0 Å². The molecule has 1 aliphatic rings. The Morgan fingerprint density at radius 2 is 1.81 bits per heavy atom. The zero-order valence-corrected chi connectivity index (χ0v) is 16.1. The molecule has 0 heterocycles. The highest BCUT2D eigenvalue weighted by Gasteiger charge is 2.40. The summed E-state index contributed by atoms with van der Waals surface area (Å²) in [4.78, 5) is 10.5. The van der Waals surface area contributed by atoms with Gasteiger partial charge >= 0.3 is 5.97 Å². The van der Waals surface area contributed by atoms with Crippen LogP contribution in [0.2, 0.25) is 0 Å². The molecule has 0 aliphatic heterocycles. The minimum absolute atomic E-state index is 0.0565. The van der Waals surface area contributed by atoms with E-state index in [1.807, 2.05) is 6.08 Å². The smallest absolute Gasteiger partial charge is 0.303 e. The second-order valence-electron chi connectivity index (χ2n) is 7.17. The molecule has 0 aromatic carbocycles. The quantitative estimate of drug-likeness (QED) is 0.321. The highest BCUT2D eigenvalue weighted by molar-refractivity contribution is 5.66. The summed E-state index contributed by atoms with van der Waals surface area (Å²) in [6.45, 7) is 0.275. The molecule has 0 saturated heterocycles. The number of hydrogen-bond acceptors (Lipinski definition) is 4. The van der Waals surface area contributed by atoms with Crippen LogP contribution in [-0.4, -0.2) is 47.2 Å². The van der Waals surface area contributed by atoms with Gasteiger partial charge in [-0.05, 0) is 44.4 Å². The number of methoxy groups -OCH3 is 1. The number of aliphatic carboxylic acids is 1. The van der Waals surface area contributed by atoms with Crippen LogP contribution in [0.5, 0.6) is 0 Å². The lowest BCUT2D eigenvalue weighted by Crippen LogP contribution is -2.21. The second kappa shape index (κ2) is 14.0. The number of aliphatic hydroxyl groups is 2. The van der Waals surface area contributed by atoms with Gasteiger partial charge in [0, 0.05) is 32.5 Å². The fourth-order valence-corrected chi connectivity index (χ4v) is 3.66. The van der Waals surface area contributed by atoms with Gasteiger partial charge in [-0.2, -0.15) is 0 Å². The van der Waals surface area contributed by atoms with E-state index in [2.05, 4.69) is 18.2 Å². The highest BCUT2D eigenvalue weighted by Crippen LogP contribution is 2.38. The predicted octanol–water partition coefficient (Wildman–Crippen LogP) is 3.70. The first-order valence-corrected chi connectivity index (χ1v) is 9.95. The Morgan fingerprint density at radius 3 is 2.50 bits per heavy atom. The molecular weight excluding hydrogens is 332 g/mol. The lowest BCUT2D eigenvalue weighted by atomic mass is 9.89. The van der Waals surface area contributed by atoms with E-state index in [1.165, 1.54) is 0 Å². The highest BCUT2D eigenvalue weighted by atomic mass is 16.5. The molecular formula is C21H36O5. The van der Waals surface area contributed by atoms with E-state index in [4.69, 9.17) is 14.9 Å². The van der Waals surface area contributed by atoms with Crippen molar-refractivity contribution < 1.29 is 24.9 Å². The van der Waals surface area contributed by atoms with Gasteiger partial charge in [0.25, 0.3) is 0 Å². The maximum Gasteiger partial charge on any atom is 0.303 e. The summed E-state index contributed by atoms with van der Waals surface area (Å²) in [7, 11) is 1.71. The second-order valence-corrected chi connectivity index (χ2v) is 7.17. The molecule has 1 saturated carbocycles. The number of unbranched alkanes of at least 4 members (excludes halogenated alkanes) is 5. The van der Waals surface area contributed by atoms with Crippen LogP contribution in [0.25, 0.3) is 0 Å². The number of rotatable bonds is 14. The van der Waals surface area contributed by atoms with Crippen LogP contribution < -0.4 is 0 Å². The average molecular weight is 369 g/mol. The van der Waals surface area contributed by atoms with Gasteiger partial charge in [0.15, 0.2) is 0 Å². The van der Waals surface area contributed by atoms with E-state index >= 15 is 0 Å². The van der Waals surface area contributed by atoms with Crippen molar-refractivity contribution >= 4 is 5.97 Å². The summed E-state index contributed by atoms with van der Waals surface area (Å²) in [6.07, 6.45) is 16.5. The van der Waals surface area contributed by atoms with Crippen LogP contribution in [0.15, 0.2) is 24.3 Å².